The van der Waals surface area contributed by atoms with E-state index in [4.69, 9.17) is 4.42 Å². The van der Waals surface area contributed by atoms with E-state index in [1.54, 1.807) is 18.2 Å². The third kappa shape index (κ3) is 2.21. The normalized spacial score (nSPS) is 10.9. The van der Waals surface area contributed by atoms with Gasteiger partial charge in [-0.3, -0.25) is 4.79 Å². The first-order valence-electron chi connectivity index (χ1n) is 5.28. The van der Waals surface area contributed by atoms with E-state index in [2.05, 4.69) is 24.1 Å². The third-order valence-corrected chi connectivity index (χ3v) is 2.26. The van der Waals surface area contributed by atoms with Gasteiger partial charge in [-0.1, -0.05) is 13.8 Å². The lowest BCUT2D eigenvalue weighted by Gasteiger charge is -2.07. The van der Waals surface area contributed by atoms with Crippen LogP contribution in [0.2, 0.25) is 0 Å². The van der Waals surface area contributed by atoms with Crippen LogP contribution in [-0.2, 0) is 0 Å². The molecule has 4 nitrogen and oxygen atoms in total. The van der Waals surface area contributed by atoms with Crippen molar-refractivity contribution in [1.29, 1.82) is 0 Å². The Balaban J connectivity index is 2.16. The van der Waals surface area contributed by atoms with Gasteiger partial charge >= 0.3 is 0 Å². The van der Waals surface area contributed by atoms with Crippen molar-refractivity contribution in [3.8, 4) is 0 Å². The van der Waals surface area contributed by atoms with E-state index in [9.17, 15) is 4.79 Å². The number of oxazole rings is 1. The molecular formula is C12H14N2O2. The quantitative estimate of drug-likeness (QED) is 0.859. The molecule has 16 heavy (non-hydrogen) atoms. The summed E-state index contributed by atoms with van der Waals surface area (Å²) < 4.78 is 5.14. The first-order valence-corrected chi connectivity index (χ1v) is 5.28. The number of nitrogens with one attached hydrogen (secondary N) is 1. The first kappa shape index (κ1) is 10.7. The second-order valence-corrected chi connectivity index (χ2v) is 4.14. The zero-order valence-corrected chi connectivity index (χ0v) is 9.36. The van der Waals surface area contributed by atoms with Crippen LogP contribution in [0, 0.1) is 5.92 Å². The molecule has 1 aromatic heterocycles. The summed E-state index contributed by atoms with van der Waals surface area (Å²) in [7, 11) is 0. The van der Waals surface area contributed by atoms with Gasteiger partial charge in [0.05, 0.1) is 0 Å². The van der Waals surface area contributed by atoms with Crippen LogP contribution in [0.25, 0.3) is 11.1 Å². The molecule has 0 spiro atoms. The van der Waals surface area contributed by atoms with Crippen molar-refractivity contribution in [1.82, 2.24) is 10.3 Å². The molecule has 0 saturated carbocycles. The first-order chi connectivity index (χ1) is 7.66. The average molecular weight is 218 g/mol. The Labute approximate surface area is 93.7 Å². The smallest absolute Gasteiger partial charge is 0.251 e. The standard InChI is InChI=1S/C12H14N2O2/c1-8(2)6-13-12(15)9-3-4-10-11(5-9)16-7-14-10/h3-5,7-8H,6H2,1-2H3,(H,13,15). The van der Waals surface area contributed by atoms with Crippen LogP contribution >= 0.6 is 0 Å². The fourth-order valence-corrected chi connectivity index (χ4v) is 1.40. The Kier molecular flexibility index (Phi) is 2.90. The van der Waals surface area contributed by atoms with Crippen LogP contribution in [0.3, 0.4) is 0 Å². The molecule has 2 aromatic rings. The Morgan fingerprint density at radius 1 is 1.50 bits per heavy atom. The number of hydrogen-bond acceptors (Lipinski definition) is 3. The number of hydrogen-bond donors (Lipinski definition) is 1. The van der Waals surface area contributed by atoms with Gasteiger partial charge in [0.1, 0.15) is 5.52 Å². The van der Waals surface area contributed by atoms with Gasteiger partial charge in [-0.25, -0.2) is 4.98 Å². The lowest BCUT2D eigenvalue weighted by molar-refractivity contribution is 0.0949. The van der Waals surface area contributed by atoms with Crippen LogP contribution in [0.5, 0.6) is 0 Å². The maximum Gasteiger partial charge on any atom is 0.251 e. The highest BCUT2D eigenvalue weighted by atomic mass is 16.3. The van der Waals surface area contributed by atoms with Gasteiger partial charge in [0.2, 0.25) is 0 Å². The van der Waals surface area contributed by atoms with Crippen molar-refractivity contribution < 1.29 is 9.21 Å². The third-order valence-electron chi connectivity index (χ3n) is 2.26. The molecule has 0 bridgehead atoms. The molecule has 1 N–H and O–H groups in total. The van der Waals surface area contributed by atoms with Crippen molar-refractivity contribution in [3.05, 3.63) is 30.2 Å². The average Bonchev–Trinajstić information content (AvgIpc) is 2.72. The number of benzene rings is 1. The summed E-state index contributed by atoms with van der Waals surface area (Å²) in [6, 6.07) is 5.24. The molecule has 1 heterocycles. The van der Waals surface area contributed by atoms with E-state index < -0.39 is 0 Å². The van der Waals surface area contributed by atoms with Crippen LogP contribution in [0.4, 0.5) is 0 Å². The summed E-state index contributed by atoms with van der Waals surface area (Å²) in [6.45, 7) is 4.78. The number of carbonyl (C=O) groups is 1. The Bertz CT molecular complexity index is 502. The molecule has 0 fully saturated rings. The highest BCUT2D eigenvalue weighted by Gasteiger charge is 2.08. The maximum absolute atomic E-state index is 11.7. The summed E-state index contributed by atoms with van der Waals surface area (Å²) >= 11 is 0. The second-order valence-electron chi connectivity index (χ2n) is 4.14. The predicted octanol–water partition coefficient (Wildman–Crippen LogP) is 2.21. The summed E-state index contributed by atoms with van der Waals surface area (Å²) in [6.07, 6.45) is 1.38. The monoisotopic (exact) mass is 218 g/mol. The molecule has 0 unspecified atom stereocenters. The molecule has 0 radical (unpaired) electrons. The van der Waals surface area contributed by atoms with Crippen LogP contribution < -0.4 is 5.32 Å². The fourth-order valence-electron chi connectivity index (χ4n) is 1.40. The van der Waals surface area contributed by atoms with Gasteiger partial charge in [-0.2, -0.15) is 0 Å². The number of carbonyl (C=O) groups excluding carboxylic acids is 1. The van der Waals surface area contributed by atoms with Crippen LogP contribution in [0.15, 0.2) is 29.0 Å². The lowest BCUT2D eigenvalue weighted by Crippen LogP contribution is -2.27. The molecule has 84 valence electrons. The SMILES string of the molecule is CC(C)CNC(=O)c1ccc2ncoc2c1. The molecule has 0 aliphatic heterocycles. The second kappa shape index (κ2) is 4.35. The number of rotatable bonds is 3. The highest BCUT2D eigenvalue weighted by Crippen LogP contribution is 2.14. The predicted molar refractivity (Wildman–Crippen MR) is 61.2 cm³/mol. The zero-order chi connectivity index (χ0) is 11.5. The zero-order valence-electron chi connectivity index (χ0n) is 9.36. The van der Waals surface area contributed by atoms with E-state index in [1.807, 2.05) is 0 Å². The Hall–Kier alpha value is -1.84. The number of aromatic nitrogens is 1. The van der Waals surface area contributed by atoms with Crippen molar-refractivity contribution in [2.75, 3.05) is 6.54 Å². The summed E-state index contributed by atoms with van der Waals surface area (Å²) in [4.78, 5) is 15.7. The fraction of sp³-hybridized carbons (Fsp3) is 0.333. The molecule has 0 aliphatic carbocycles. The molecular weight excluding hydrogens is 204 g/mol. The summed E-state index contributed by atoms with van der Waals surface area (Å²) in [5, 5.41) is 2.85. The minimum atomic E-state index is -0.0769. The van der Waals surface area contributed by atoms with Crippen LogP contribution in [-0.4, -0.2) is 17.4 Å². The van der Waals surface area contributed by atoms with E-state index in [1.165, 1.54) is 6.39 Å². The molecule has 2 rings (SSSR count). The van der Waals surface area contributed by atoms with Crippen molar-refractivity contribution >= 4 is 17.0 Å². The number of amides is 1. The van der Waals surface area contributed by atoms with Gasteiger partial charge in [0, 0.05) is 12.1 Å². The summed E-state index contributed by atoms with van der Waals surface area (Å²) in [5.41, 5.74) is 2.00. The van der Waals surface area contributed by atoms with Crippen molar-refractivity contribution in [2.45, 2.75) is 13.8 Å². The Morgan fingerprint density at radius 2 is 2.31 bits per heavy atom. The maximum atomic E-state index is 11.7. The van der Waals surface area contributed by atoms with Crippen molar-refractivity contribution in [3.63, 3.8) is 0 Å². The Morgan fingerprint density at radius 3 is 3.06 bits per heavy atom. The number of nitrogens with zero attached hydrogens (tertiary/aromatic N) is 1. The van der Waals surface area contributed by atoms with Crippen molar-refractivity contribution in [2.24, 2.45) is 5.92 Å². The minimum Gasteiger partial charge on any atom is -0.443 e. The van der Waals surface area contributed by atoms with Gasteiger partial charge in [0.15, 0.2) is 12.0 Å². The van der Waals surface area contributed by atoms with Crippen LogP contribution in [0.1, 0.15) is 24.2 Å². The molecule has 0 aliphatic rings. The minimum absolute atomic E-state index is 0.0769. The van der Waals surface area contributed by atoms with E-state index in [-0.39, 0.29) is 5.91 Å². The van der Waals surface area contributed by atoms with E-state index in [0.29, 0.717) is 23.6 Å². The molecule has 1 amide bonds. The topological polar surface area (TPSA) is 55.1 Å². The van der Waals surface area contributed by atoms with E-state index >= 15 is 0 Å². The van der Waals surface area contributed by atoms with Gasteiger partial charge in [0.25, 0.3) is 5.91 Å². The van der Waals surface area contributed by atoms with E-state index in [0.717, 1.165) is 5.52 Å². The highest BCUT2D eigenvalue weighted by molar-refractivity contribution is 5.96. The molecule has 1 aromatic carbocycles. The summed E-state index contributed by atoms with van der Waals surface area (Å²) in [5.74, 6) is 0.366. The largest absolute Gasteiger partial charge is 0.443 e. The molecule has 4 heteroatoms. The lowest BCUT2D eigenvalue weighted by atomic mass is 10.1. The van der Waals surface area contributed by atoms with Gasteiger partial charge in [-0.15, -0.1) is 0 Å². The molecule has 0 saturated heterocycles. The number of fused-ring (bicyclic) bond motifs is 1. The molecule has 0 atom stereocenters. The van der Waals surface area contributed by atoms with Gasteiger partial charge in [-0.05, 0) is 24.1 Å². The van der Waals surface area contributed by atoms with Gasteiger partial charge < -0.3 is 9.73 Å².